The van der Waals surface area contributed by atoms with Crippen LogP contribution in [0.4, 0.5) is 0 Å². The molecule has 0 amide bonds. The summed E-state index contributed by atoms with van der Waals surface area (Å²) in [5, 5.41) is 8.71. The molecular weight excluding hydrogens is 248 g/mol. The molecule has 0 saturated heterocycles. The van der Waals surface area contributed by atoms with Crippen molar-refractivity contribution in [2.45, 2.75) is 19.3 Å². The molecule has 0 spiro atoms. The summed E-state index contributed by atoms with van der Waals surface area (Å²) in [7, 11) is 1.69. The number of ether oxygens (including phenoxy) is 1. The highest BCUT2D eigenvalue weighted by Crippen LogP contribution is 2.18. The van der Waals surface area contributed by atoms with Crippen molar-refractivity contribution in [3.63, 3.8) is 0 Å². The zero-order chi connectivity index (χ0) is 13.8. The van der Waals surface area contributed by atoms with Crippen LogP contribution in [0.2, 0.25) is 0 Å². The molecule has 0 radical (unpaired) electrons. The minimum absolute atomic E-state index is 0.910. The smallest absolute Gasteiger partial charge is 0.118 e. The number of para-hydroxylation sites is 1. The number of benzene rings is 2. The van der Waals surface area contributed by atoms with Crippen LogP contribution < -0.4 is 4.74 Å². The monoisotopic (exact) mass is 266 g/mol. The van der Waals surface area contributed by atoms with Gasteiger partial charge in [0.25, 0.3) is 0 Å². The second-order valence-electron chi connectivity index (χ2n) is 4.92. The number of aromatic amines is 1. The zero-order valence-corrected chi connectivity index (χ0v) is 11.6. The maximum atomic E-state index is 5.17. The fourth-order valence-corrected chi connectivity index (χ4v) is 2.47. The molecule has 1 heterocycles. The third kappa shape index (κ3) is 2.67. The summed E-state index contributed by atoms with van der Waals surface area (Å²) in [5.74, 6) is 0.910. The van der Waals surface area contributed by atoms with E-state index < -0.39 is 0 Å². The third-order valence-electron chi connectivity index (χ3n) is 3.59. The number of nitrogens with one attached hydrogen (secondary N) is 1. The number of aryl methyl sites for hydroxylation is 2. The van der Waals surface area contributed by atoms with Gasteiger partial charge in [0.2, 0.25) is 0 Å². The Morgan fingerprint density at radius 1 is 1.00 bits per heavy atom. The van der Waals surface area contributed by atoms with Gasteiger partial charge in [0.05, 0.1) is 12.6 Å². The first-order valence-electron chi connectivity index (χ1n) is 6.92. The van der Waals surface area contributed by atoms with Crippen LogP contribution in [-0.2, 0) is 12.8 Å². The highest BCUT2D eigenvalue weighted by Gasteiger charge is 2.04. The van der Waals surface area contributed by atoms with Gasteiger partial charge in [0.15, 0.2) is 0 Å². The van der Waals surface area contributed by atoms with Crippen molar-refractivity contribution >= 4 is 10.9 Å². The number of hydrogen-bond donors (Lipinski definition) is 1. The lowest BCUT2D eigenvalue weighted by Gasteiger charge is -2.03. The lowest BCUT2D eigenvalue weighted by molar-refractivity contribution is 0.414. The normalized spacial score (nSPS) is 10.8. The zero-order valence-electron chi connectivity index (χ0n) is 11.6. The molecule has 0 atom stereocenters. The Hall–Kier alpha value is -2.29. The Morgan fingerprint density at radius 3 is 2.60 bits per heavy atom. The fraction of sp³-hybridized carbons (Fsp3) is 0.235. The maximum Gasteiger partial charge on any atom is 0.118 e. The van der Waals surface area contributed by atoms with Gasteiger partial charge in [-0.25, -0.2) is 0 Å². The molecule has 2 aromatic carbocycles. The van der Waals surface area contributed by atoms with Crippen LogP contribution in [0.5, 0.6) is 5.75 Å². The Morgan fingerprint density at radius 2 is 1.80 bits per heavy atom. The van der Waals surface area contributed by atoms with E-state index in [4.69, 9.17) is 4.74 Å². The summed E-state index contributed by atoms with van der Waals surface area (Å²) in [6.45, 7) is 0. The van der Waals surface area contributed by atoms with E-state index in [1.807, 2.05) is 24.3 Å². The maximum absolute atomic E-state index is 5.17. The van der Waals surface area contributed by atoms with Gasteiger partial charge in [-0.05, 0) is 43.0 Å². The highest BCUT2D eigenvalue weighted by molar-refractivity contribution is 5.81. The lowest BCUT2D eigenvalue weighted by atomic mass is 10.1. The van der Waals surface area contributed by atoms with Crippen molar-refractivity contribution in [1.82, 2.24) is 10.2 Å². The molecule has 0 aliphatic heterocycles. The summed E-state index contributed by atoms with van der Waals surface area (Å²) < 4.78 is 5.17. The number of H-pyrrole nitrogens is 1. The molecule has 3 nitrogen and oxygen atoms in total. The van der Waals surface area contributed by atoms with Gasteiger partial charge >= 0.3 is 0 Å². The van der Waals surface area contributed by atoms with E-state index in [0.29, 0.717) is 0 Å². The van der Waals surface area contributed by atoms with Gasteiger partial charge in [-0.15, -0.1) is 0 Å². The molecule has 0 unspecified atom stereocenters. The largest absolute Gasteiger partial charge is 0.497 e. The van der Waals surface area contributed by atoms with Crippen LogP contribution in [0, 0.1) is 0 Å². The van der Waals surface area contributed by atoms with Gasteiger partial charge in [-0.2, -0.15) is 5.10 Å². The number of rotatable bonds is 5. The van der Waals surface area contributed by atoms with Crippen molar-refractivity contribution in [2.75, 3.05) is 7.11 Å². The second-order valence-corrected chi connectivity index (χ2v) is 4.92. The predicted octanol–water partition coefficient (Wildman–Crippen LogP) is 3.75. The molecule has 102 valence electrons. The lowest BCUT2D eigenvalue weighted by Crippen LogP contribution is -1.91. The number of hydrogen-bond acceptors (Lipinski definition) is 2. The van der Waals surface area contributed by atoms with E-state index in [9.17, 15) is 0 Å². The SMILES string of the molecule is COc1ccc(CCCc2[nH]nc3ccccc23)cc1. The van der Waals surface area contributed by atoms with Gasteiger partial charge in [-0.1, -0.05) is 30.3 Å². The predicted molar refractivity (Wildman–Crippen MR) is 81.1 cm³/mol. The van der Waals surface area contributed by atoms with Gasteiger partial charge in [0, 0.05) is 11.1 Å². The number of nitrogens with zero attached hydrogens (tertiary/aromatic N) is 1. The molecule has 3 rings (SSSR count). The van der Waals surface area contributed by atoms with Crippen LogP contribution in [0.25, 0.3) is 10.9 Å². The molecule has 1 N–H and O–H groups in total. The summed E-state index contributed by atoms with van der Waals surface area (Å²) in [6.07, 6.45) is 3.20. The minimum Gasteiger partial charge on any atom is -0.497 e. The highest BCUT2D eigenvalue weighted by atomic mass is 16.5. The first kappa shape index (κ1) is 12.7. The molecular formula is C17H18N2O. The first-order chi connectivity index (χ1) is 9.86. The summed E-state index contributed by atoms with van der Waals surface area (Å²) in [5.41, 5.74) is 3.62. The molecule has 0 aliphatic rings. The van der Waals surface area contributed by atoms with Crippen molar-refractivity contribution < 1.29 is 4.74 Å². The molecule has 20 heavy (non-hydrogen) atoms. The van der Waals surface area contributed by atoms with Crippen molar-refractivity contribution in [1.29, 1.82) is 0 Å². The van der Waals surface area contributed by atoms with Crippen LogP contribution in [0.15, 0.2) is 48.5 Å². The number of aromatic nitrogens is 2. The van der Waals surface area contributed by atoms with Crippen molar-refractivity contribution in [3.05, 3.63) is 59.8 Å². The van der Waals surface area contributed by atoms with Crippen LogP contribution in [0.1, 0.15) is 17.7 Å². The third-order valence-corrected chi connectivity index (χ3v) is 3.59. The Kier molecular flexibility index (Phi) is 3.68. The molecule has 0 fully saturated rings. The number of methoxy groups -OCH3 is 1. The molecule has 3 aromatic rings. The fourth-order valence-electron chi connectivity index (χ4n) is 2.47. The molecule has 0 bridgehead atoms. The van der Waals surface area contributed by atoms with E-state index in [0.717, 1.165) is 30.5 Å². The quantitative estimate of drug-likeness (QED) is 0.763. The molecule has 0 aliphatic carbocycles. The van der Waals surface area contributed by atoms with E-state index in [1.165, 1.54) is 16.6 Å². The molecule has 1 aromatic heterocycles. The minimum atomic E-state index is 0.910. The summed E-state index contributed by atoms with van der Waals surface area (Å²) in [4.78, 5) is 0. The molecule has 3 heteroatoms. The van der Waals surface area contributed by atoms with Crippen molar-refractivity contribution in [2.24, 2.45) is 0 Å². The van der Waals surface area contributed by atoms with Gasteiger partial charge < -0.3 is 4.74 Å². The average molecular weight is 266 g/mol. The Balaban J connectivity index is 1.62. The Bertz CT molecular complexity index is 686. The van der Waals surface area contributed by atoms with Crippen LogP contribution >= 0.6 is 0 Å². The summed E-state index contributed by atoms with van der Waals surface area (Å²) in [6, 6.07) is 16.5. The van der Waals surface area contributed by atoms with E-state index in [-0.39, 0.29) is 0 Å². The van der Waals surface area contributed by atoms with E-state index >= 15 is 0 Å². The second kappa shape index (κ2) is 5.78. The standard InChI is InChI=1S/C17H18N2O/c1-20-14-11-9-13(10-12-14)5-4-8-17-15-6-2-3-7-16(15)18-19-17/h2-3,6-7,9-12H,4-5,8H2,1H3,(H,18,19). The topological polar surface area (TPSA) is 37.9 Å². The Labute approximate surface area is 118 Å². The summed E-state index contributed by atoms with van der Waals surface area (Å²) >= 11 is 0. The van der Waals surface area contributed by atoms with Gasteiger partial charge in [0.1, 0.15) is 5.75 Å². The van der Waals surface area contributed by atoms with E-state index in [1.54, 1.807) is 7.11 Å². The first-order valence-corrected chi connectivity index (χ1v) is 6.92. The van der Waals surface area contributed by atoms with Crippen LogP contribution in [0.3, 0.4) is 0 Å². The van der Waals surface area contributed by atoms with Gasteiger partial charge in [-0.3, -0.25) is 5.10 Å². The molecule has 0 saturated carbocycles. The van der Waals surface area contributed by atoms with E-state index in [2.05, 4.69) is 34.5 Å². The average Bonchev–Trinajstić information content (AvgIpc) is 2.92. The number of fused-ring (bicyclic) bond motifs is 1. The van der Waals surface area contributed by atoms with Crippen molar-refractivity contribution in [3.8, 4) is 5.75 Å². The van der Waals surface area contributed by atoms with Crippen LogP contribution in [-0.4, -0.2) is 17.3 Å².